The lowest BCUT2D eigenvalue weighted by Gasteiger charge is -2.28. The number of phosphoric ester groups is 1. The number of anilines is 1. The number of aliphatic hydroxyl groups excluding tert-OH is 2. The van der Waals surface area contributed by atoms with Crippen LogP contribution in [0.15, 0.2) is 11.1 Å². The molecule has 0 saturated carbocycles. The van der Waals surface area contributed by atoms with Crippen LogP contribution in [-0.4, -0.2) is 64.0 Å². The molecule has 2 aromatic heterocycles. The van der Waals surface area contributed by atoms with Gasteiger partial charge in [-0.1, -0.05) is 0 Å². The number of aromatic nitrogens is 4. The Morgan fingerprint density at radius 2 is 2.14 bits per heavy atom. The summed E-state index contributed by atoms with van der Waals surface area (Å²) < 4.78 is 23.5. The van der Waals surface area contributed by atoms with Crippen LogP contribution in [0.2, 0.25) is 0 Å². The Morgan fingerprint density at radius 3 is 2.86 bits per heavy atom. The lowest BCUT2D eigenvalue weighted by molar-refractivity contribution is -0.0424. The van der Waals surface area contributed by atoms with Crippen molar-refractivity contribution in [1.29, 1.82) is 0 Å². The summed E-state index contributed by atoms with van der Waals surface area (Å²) >= 11 is 0. The monoisotopic (exact) mass is 417 g/mol. The zero-order chi connectivity index (χ0) is 20.2. The van der Waals surface area contributed by atoms with Gasteiger partial charge in [-0.2, -0.15) is 4.98 Å². The minimum absolute atomic E-state index is 0.0344. The molecule has 4 rings (SSSR count). The predicted octanol–water partition coefficient (Wildman–Crippen LogP) is -0.954. The summed E-state index contributed by atoms with van der Waals surface area (Å²) in [6.07, 6.45) is -2.00. The largest absolute Gasteiger partial charge is 0.469 e. The topological polar surface area (TPSA) is 181 Å². The molecule has 0 aliphatic carbocycles. The zero-order valence-corrected chi connectivity index (χ0v) is 15.6. The van der Waals surface area contributed by atoms with Crippen molar-refractivity contribution in [2.45, 2.75) is 50.5 Å². The van der Waals surface area contributed by atoms with Gasteiger partial charge in [-0.3, -0.25) is 13.9 Å². The van der Waals surface area contributed by atoms with Crippen LogP contribution >= 0.6 is 7.82 Å². The third-order valence-corrected chi connectivity index (χ3v) is 5.27. The molecule has 28 heavy (non-hydrogen) atoms. The van der Waals surface area contributed by atoms with Gasteiger partial charge in [0.25, 0.3) is 5.56 Å². The van der Waals surface area contributed by atoms with Crippen LogP contribution in [0.1, 0.15) is 32.2 Å². The molecule has 0 radical (unpaired) electrons. The molecule has 5 atom stereocenters. The van der Waals surface area contributed by atoms with Crippen LogP contribution in [0, 0.1) is 0 Å². The lowest BCUT2D eigenvalue weighted by Crippen LogP contribution is -2.38. The van der Waals surface area contributed by atoms with Gasteiger partial charge in [0.15, 0.2) is 11.2 Å². The Labute approximate surface area is 157 Å². The number of fused-ring (bicyclic) bond motifs is 2. The molecule has 0 spiro atoms. The first-order chi connectivity index (χ1) is 13.1. The molecule has 4 heterocycles. The lowest BCUT2D eigenvalue weighted by atomic mass is 10.2. The molecule has 0 amide bonds. The fraction of sp³-hybridized carbons (Fsp3) is 0.643. The number of ether oxygens (including phenoxy) is 1. The summed E-state index contributed by atoms with van der Waals surface area (Å²) in [5.74, 6) is 0.199. The third-order valence-electron chi connectivity index (χ3n) is 4.79. The van der Waals surface area contributed by atoms with Crippen LogP contribution in [0.5, 0.6) is 0 Å². The minimum atomic E-state index is -4.69. The number of aliphatic hydroxyl groups is 2. The molecule has 0 aromatic carbocycles. The minimum Gasteiger partial charge on any atom is -0.390 e. The van der Waals surface area contributed by atoms with Gasteiger partial charge < -0.3 is 30.1 Å². The number of nitrogens with zero attached hydrogens (tertiary/aromatic N) is 4. The Kier molecular flexibility index (Phi) is 4.78. The van der Waals surface area contributed by atoms with E-state index < -0.39 is 44.7 Å². The predicted molar refractivity (Wildman–Crippen MR) is 93.3 cm³/mol. The van der Waals surface area contributed by atoms with E-state index in [4.69, 9.17) is 14.5 Å². The van der Waals surface area contributed by atoms with E-state index in [0.29, 0.717) is 6.42 Å². The van der Waals surface area contributed by atoms with Gasteiger partial charge in [-0.25, -0.2) is 14.1 Å². The standard InChI is InChI=1S/C14H20N5O8P/c1-6-2-9(21)19-13(22)11-12(17-14(19)16-6)18(5-15-11)10-3-7(20)8(27-10)4-26-28(23,24)25/h5-10,20-21H,2-4H2,1H3,(H,16,17)(H2,23,24,25)/t6?,7-,8+,9?,10+/m0/s1. The molecular weight excluding hydrogens is 397 g/mol. The molecular formula is C14H20N5O8P. The summed E-state index contributed by atoms with van der Waals surface area (Å²) in [4.78, 5) is 38.8. The Morgan fingerprint density at radius 1 is 1.39 bits per heavy atom. The van der Waals surface area contributed by atoms with Crippen LogP contribution < -0.4 is 10.9 Å². The summed E-state index contributed by atoms with van der Waals surface area (Å²) in [5, 5.41) is 23.4. The molecule has 154 valence electrons. The van der Waals surface area contributed by atoms with Crippen molar-refractivity contribution < 1.29 is 33.8 Å². The average molecular weight is 417 g/mol. The maximum atomic E-state index is 12.7. The van der Waals surface area contributed by atoms with Gasteiger partial charge in [0.05, 0.1) is 19.0 Å². The van der Waals surface area contributed by atoms with Crippen LogP contribution in [0.3, 0.4) is 0 Å². The first-order valence-corrected chi connectivity index (χ1v) is 10.1. The SMILES string of the molecule is CC1CC(O)n2c(nc3c(ncn3[C@H]3C[C@H](O)[C@@H](COP(=O)(O)O)O3)c2=O)N1. The molecule has 2 unspecified atom stereocenters. The second-order valence-corrected chi connectivity index (χ2v) is 8.15. The molecule has 2 aliphatic heterocycles. The van der Waals surface area contributed by atoms with Crippen molar-refractivity contribution in [2.24, 2.45) is 0 Å². The second-order valence-electron chi connectivity index (χ2n) is 6.91. The van der Waals surface area contributed by atoms with Crippen molar-refractivity contribution in [3.05, 3.63) is 16.7 Å². The Hall–Kier alpha value is -1.86. The average Bonchev–Trinajstić information content (AvgIpc) is 3.15. The van der Waals surface area contributed by atoms with Crippen LogP contribution in [0.25, 0.3) is 11.2 Å². The normalized spacial score (nSPS) is 30.4. The quantitative estimate of drug-likeness (QED) is 0.387. The van der Waals surface area contributed by atoms with E-state index in [1.807, 2.05) is 6.92 Å². The zero-order valence-electron chi connectivity index (χ0n) is 14.7. The highest BCUT2D eigenvalue weighted by atomic mass is 31.2. The van der Waals surface area contributed by atoms with Crippen LogP contribution in [-0.2, 0) is 13.8 Å². The van der Waals surface area contributed by atoms with Crippen molar-refractivity contribution in [2.75, 3.05) is 11.9 Å². The molecule has 5 N–H and O–H groups in total. The highest BCUT2D eigenvalue weighted by molar-refractivity contribution is 7.46. The first kappa shape index (κ1) is 19.5. The van der Waals surface area contributed by atoms with E-state index in [2.05, 4.69) is 19.8 Å². The molecule has 1 fully saturated rings. The van der Waals surface area contributed by atoms with E-state index in [-0.39, 0.29) is 29.6 Å². The fourth-order valence-corrected chi connectivity index (χ4v) is 3.82. The highest BCUT2D eigenvalue weighted by Crippen LogP contribution is 2.38. The van der Waals surface area contributed by atoms with E-state index in [9.17, 15) is 19.6 Å². The van der Waals surface area contributed by atoms with Gasteiger partial charge in [0, 0.05) is 18.9 Å². The van der Waals surface area contributed by atoms with Gasteiger partial charge in [0.2, 0.25) is 5.95 Å². The van der Waals surface area contributed by atoms with E-state index in [1.165, 1.54) is 10.9 Å². The summed E-state index contributed by atoms with van der Waals surface area (Å²) in [6, 6.07) is -0.0885. The smallest absolute Gasteiger partial charge is 0.390 e. The van der Waals surface area contributed by atoms with Crippen molar-refractivity contribution in [3.8, 4) is 0 Å². The Balaban J connectivity index is 1.65. The van der Waals surface area contributed by atoms with Crippen molar-refractivity contribution >= 4 is 24.9 Å². The number of rotatable bonds is 4. The van der Waals surface area contributed by atoms with Crippen molar-refractivity contribution in [1.82, 2.24) is 19.1 Å². The number of hydrogen-bond donors (Lipinski definition) is 5. The number of hydrogen-bond acceptors (Lipinski definition) is 9. The van der Waals surface area contributed by atoms with E-state index >= 15 is 0 Å². The maximum absolute atomic E-state index is 12.7. The molecule has 13 nitrogen and oxygen atoms in total. The van der Waals surface area contributed by atoms with E-state index in [1.54, 1.807) is 0 Å². The number of nitrogens with one attached hydrogen (secondary N) is 1. The van der Waals surface area contributed by atoms with E-state index in [0.717, 1.165) is 4.57 Å². The molecule has 2 aliphatic rings. The molecule has 2 aromatic rings. The Bertz CT molecular complexity index is 1000. The first-order valence-electron chi connectivity index (χ1n) is 8.61. The molecule has 1 saturated heterocycles. The number of imidazole rings is 1. The second kappa shape index (κ2) is 6.88. The van der Waals surface area contributed by atoms with Crippen LogP contribution in [0.4, 0.5) is 5.95 Å². The maximum Gasteiger partial charge on any atom is 0.469 e. The summed E-state index contributed by atoms with van der Waals surface area (Å²) in [6.45, 7) is 1.35. The number of phosphoric acid groups is 1. The van der Waals surface area contributed by atoms with Gasteiger partial charge in [-0.05, 0) is 6.92 Å². The van der Waals surface area contributed by atoms with Crippen molar-refractivity contribution in [3.63, 3.8) is 0 Å². The van der Waals surface area contributed by atoms with Gasteiger partial charge in [-0.15, -0.1) is 0 Å². The fourth-order valence-electron chi connectivity index (χ4n) is 3.48. The third kappa shape index (κ3) is 3.46. The molecule has 0 bridgehead atoms. The molecule has 14 heteroatoms. The summed E-state index contributed by atoms with van der Waals surface area (Å²) in [5.41, 5.74) is -0.267. The van der Waals surface area contributed by atoms with Gasteiger partial charge >= 0.3 is 7.82 Å². The van der Waals surface area contributed by atoms with Gasteiger partial charge in [0.1, 0.15) is 18.6 Å². The highest BCUT2D eigenvalue weighted by Gasteiger charge is 2.38. The summed E-state index contributed by atoms with van der Waals surface area (Å²) in [7, 11) is -4.69.